The Balaban J connectivity index is 1.38. The monoisotopic (exact) mass is 748 g/mol. The first-order valence-electron chi connectivity index (χ1n) is 17.8. The van der Waals surface area contributed by atoms with Crippen LogP contribution in [0.25, 0.3) is 10.9 Å². The molecular formula is C39H49ClN6O5S. The average Bonchev–Trinajstić information content (AvgIpc) is 3.47. The Morgan fingerprint density at radius 2 is 1.71 bits per heavy atom. The number of anilines is 1. The number of nitrogens with one attached hydrogen (secondary N) is 1. The molecule has 0 spiro atoms. The Morgan fingerprint density at radius 1 is 1.00 bits per heavy atom. The van der Waals surface area contributed by atoms with Crippen molar-refractivity contribution < 1.29 is 23.1 Å². The fourth-order valence-corrected chi connectivity index (χ4v) is 8.37. The highest BCUT2D eigenvalue weighted by Crippen LogP contribution is 2.27. The number of hydrogen-bond acceptors (Lipinski definition) is 7. The minimum Gasteiger partial charge on any atom is -0.397 e. The van der Waals surface area contributed by atoms with Crippen LogP contribution in [0.4, 0.5) is 10.5 Å². The molecule has 13 heteroatoms. The molecule has 3 amide bonds. The van der Waals surface area contributed by atoms with Gasteiger partial charge in [0, 0.05) is 31.6 Å². The molecule has 52 heavy (non-hydrogen) atoms. The van der Waals surface area contributed by atoms with Gasteiger partial charge in [-0.25, -0.2) is 13.2 Å². The molecule has 278 valence electrons. The summed E-state index contributed by atoms with van der Waals surface area (Å²) in [5.41, 5.74) is 8.54. The van der Waals surface area contributed by atoms with E-state index in [1.165, 1.54) is 22.5 Å². The van der Waals surface area contributed by atoms with Gasteiger partial charge in [-0.05, 0) is 54.2 Å². The van der Waals surface area contributed by atoms with Crippen LogP contribution >= 0.6 is 11.6 Å². The van der Waals surface area contributed by atoms with Crippen molar-refractivity contribution in [1.29, 1.82) is 0 Å². The van der Waals surface area contributed by atoms with E-state index in [9.17, 15) is 23.1 Å². The van der Waals surface area contributed by atoms with Crippen LogP contribution in [0, 0.1) is 11.8 Å². The highest BCUT2D eigenvalue weighted by atomic mass is 35.5. The van der Waals surface area contributed by atoms with E-state index in [0.717, 1.165) is 22.2 Å². The molecule has 1 aliphatic heterocycles. The Hall–Kier alpha value is -4.23. The summed E-state index contributed by atoms with van der Waals surface area (Å²) in [5.74, 6) is -0.681. The predicted molar refractivity (Wildman–Crippen MR) is 205 cm³/mol. The van der Waals surface area contributed by atoms with Crippen LogP contribution in [0.15, 0.2) is 89.8 Å². The number of aromatic nitrogens is 1. The zero-order valence-electron chi connectivity index (χ0n) is 30.2. The number of para-hydroxylation sites is 1. The van der Waals surface area contributed by atoms with Crippen molar-refractivity contribution in [3.63, 3.8) is 0 Å². The Morgan fingerprint density at radius 3 is 2.40 bits per heavy atom. The maximum absolute atomic E-state index is 14.3. The van der Waals surface area contributed by atoms with E-state index in [1.807, 2.05) is 94.4 Å². The number of aliphatic hydroxyl groups is 1. The second kappa shape index (κ2) is 17.1. The number of nitrogen functional groups attached to an aromatic ring is 1. The maximum atomic E-state index is 14.3. The van der Waals surface area contributed by atoms with E-state index in [1.54, 1.807) is 9.80 Å². The van der Waals surface area contributed by atoms with Crippen molar-refractivity contribution in [1.82, 2.24) is 24.4 Å². The zero-order valence-corrected chi connectivity index (χ0v) is 31.7. The van der Waals surface area contributed by atoms with E-state index >= 15 is 0 Å². The predicted octanol–water partition coefficient (Wildman–Crippen LogP) is 5.56. The number of rotatable bonds is 16. The van der Waals surface area contributed by atoms with Crippen molar-refractivity contribution in [2.75, 3.05) is 31.9 Å². The van der Waals surface area contributed by atoms with Gasteiger partial charge in [-0.15, -0.1) is 0 Å². The van der Waals surface area contributed by atoms with Gasteiger partial charge in [0.2, 0.25) is 15.9 Å². The van der Waals surface area contributed by atoms with Gasteiger partial charge in [-0.2, -0.15) is 4.31 Å². The van der Waals surface area contributed by atoms with Gasteiger partial charge in [0.25, 0.3) is 0 Å². The fraction of sp³-hybridized carbons (Fsp3) is 0.410. The van der Waals surface area contributed by atoms with Crippen LogP contribution in [-0.2, 0) is 27.8 Å². The van der Waals surface area contributed by atoms with Crippen molar-refractivity contribution in [2.24, 2.45) is 11.8 Å². The smallest absolute Gasteiger partial charge is 0.321 e. The quantitative estimate of drug-likeness (QED) is 0.127. The lowest BCUT2D eigenvalue weighted by Gasteiger charge is -2.35. The third-order valence-electron chi connectivity index (χ3n) is 9.58. The Kier molecular flexibility index (Phi) is 12.8. The number of amides is 3. The minimum absolute atomic E-state index is 0.0429. The van der Waals surface area contributed by atoms with Crippen molar-refractivity contribution >= 4 is 50.2 Å². The molecule has 0 unspecified atom stereocenters. The fourth-order valence-electron chi connectivity index (χ4n) is 6.59. The summed E-state index contributed by atoms with van der Waals surface area (Å²) in [6, 6.07) is 23.3. The molecule has 1 saturated heterocycles. The molecule has 4 aromatic rings. The molecule has 4 atom stereocenters. The van der Waals surface area contributed by atoms with E-state index in [0.29, 0.717) is 26.1 Å². The largest absolute Gasteiger partial charge is 0.397 e. The van der Waals surface area contributed by atoms with Crippen LogP contribution in [-0.4, -0.2) is 88.9 Å². The lowest BCUT2D eigenvalue weighted by atomic mass is 9.95. The third kappa shape index (κ3) is 9.22. The molecule has 2 heterocycles. The van der Waals surface area contributed by atoms with Gasteiger partial charge >= 0.3 is 6.03 Å². The molecule has 0 saturated carbocycles. The number of fused-ring (bicyclic) bond motifs is 1. The molecule has 3 aromatic carbocycles. The van der Waals surface area contributed by atoms with Crippen molar-refractivity contribution in [3.8, 4) is 0 Å². The normalized spacial score (nSPS) is 16.0. The van der Waals surface area contributed by atoms with Gasteiger partial charge in [-0.1, -0.05) is 100 Å². The molecule has 1 aromatic heterocycles. The van der Waals surface area contributed by atoms with E-state index in [4.69, 9.17) is 22.3 Å². The molecular weight excluding hydrogens is 700 g/mol. The summed E-state index contributed by atoms with van der Waals surface area (Å²) in [5, 5.41) is 16.1. The molecule has 5 rings (SSSR count). The number of pyridine rings is 1. The number of nitrogens with zero attached hydrogens (tertiary/aromatic N) is 4. The SMILES string of the molecule is CC[C@H](C)[C@@H](C(=O)N[C@@H](Cc1ccccc1)[C@H](O)CN(CC(C)C)S(=O)(=O)c1ccc(Cl)c(N)c1)N1CCN(Cc2ccc3ccccc3n2)C1=O. The first-order chi connectivity index (χ1) is 24.8. The summed E-state index contributed by atoms with van der Waals surface area (Å²) in [6.07, 6.45) is -0.437. The van der Waals surface area contributed by atoms with Gasteiger partial charge in [0.05, 0.1) is 45.5 Å². The number of carbonyl (C=O) groups is 2. The summed E-state index contributed by atoms with van der Waals surface area (Å²) < 4.78 is 29.1. The first kappa shape index (κ1) is 39.0. The molecule has 1 aliphatic rings. The van der Waals surface area contributed by atoms with Crippen LogP contribution in [0.3, 0.4) is 0 Å². The topological polar surface area (TPSA) is 149 Å². The standard InChI is InChI=1S/C39H49ClN6O5S/c1-5-27(4)37(46-20-19-44(39(46)49)24-30-16-15-29-13-9-10-14-34(29)42-30)38(48)43-35(21-28-11-7-6-8-12-28)36(47)25-45(23-26(2)3)52(50,51)31-17-18-32(40)33(41)22-31/h6-18,22,26-27,35-37,47H,5,19-21,23-25,41H2,1-4H3,(H,43,48)/t27-,35-,36+,37-/m0/s1. The number of benzene rings is 3. The Labute approximate surface area is 311 Å². The number of aliphatic hydroxyl groups excluding tert-OH is 1. The Bertz CT molecular complexity index is 1960. The summed E-state index contributed by atoms with van der Waals surface area (Å²) >= 11 is 6.08. The molecule has 0 aliphatic carbocycles. The number of halogens is 1. The van der Waals surface area contributed by atoms with Crippen LogP contribution in [0.5, 0.6) is 0 Å². The summed E-state index contributed by atoms with van der Waals surface area (Å²) in [7, 11) is -4.11. The van der Waals surface area contributed by atoms with Gasteiger partial charge in [-0.3, -0.25) is 9.78 Å². The molecule has 0 radical (unpaired) electrons. The molecule has 4 N–H and O–H groups in total. The number of hydrogen-bond donors (Lipinski definition) is 3. The van der Waals surface area contributed by atoms with Crippen LogP contribution in [0.1, 0.15) is 45.4 Å². The highest BCUT2D eigenvalue weighted by molar-refractivity contribution is 7.89. The van der Waals surface area contributed by atoms with E-state index in [2.05, 4.69) is 5.32 Å². The summed E-state index contributed by atoms with van der Waals surface area (Å²) in [6.45, 7) is 8.60. The zero-order chi connectivity index (χ0) is 37.6. The summed E-state index contributed by atoms with van der Waals surface area (Å²) in [4.78, 5) is 36.2. The lowest BCUT2D eigenvalue weighted by Crippen LogP contribution is -2.57. The molecule has 1 fully saturated rings. The number of nitrogens with two attached hydrogens (primary N) is 1. The van der Waals surface area contributed by atoms with E-state index in [-0.39, 0.29) is 53.0 Å². The number of carbonyl (C=O) groups excluding carboxylic acids is 2. The third-order valence-corrected chi connectivity index (χ3v) is 11.8. The first-order valence-corrected chi connectivity index (χ1v) is 19.6. The number of urea groups is 1. The maximum Gasteiger partial charge on any atom is 0.321 e. The van der Waals surface area contributed by atoms with E-state index < -0.39 is 34.1 Å². The van der Waals surface area contributed by atoms with Crippen LogP contribution in [0.2, 0.25) is 5.02 Å². The number of sulfonamides is 1. The lowest BCUT2D eigenvalue weighted by molar-refractivity contribution is -0.128. The van der Waals surface area contributed by atoms with Gasteiger partial charge < -0.3 is 26.0 Å². The molecule has 11 nitrogen and oxygen atoms in total. The van der Waals surface area contributed by atoms with Gasteiger partial charge in [0.15, 0.2) is 0 Å². The highest BCUT2D eigenvalue weighted by Gasteiger charge is 2.41. The second-order valence-electron chi connectivity index (χ2n) is 14.0. The van der Waals surface area contributed by atoms with Crippen molar-refractivity contribution in [3.05, 3.63) is 101 Å². The van der Waals surface area contributed by atoms with Gasteiger partial charge in [0.1, 0.15) is 6.04 Å². The van der Waals surface area contributed by atoms with Crippen LogP contribution < -0.4 is 11.1 Å². The van der Waals surface area contributed by atoms with Crippen molar-refractivity contribution in [2.45, 2.75) is 70.2 Å². The average molecular weight is 749 g/mol. The minimum atomic E-state index is -4.11. The molecule has 0 bridgehead atoms. The second-order valence-corrected chi connectivity index (χ2v) is 16.3.